The molecule has 0 aliphatic heterocycles. The number of carbonyl (C=O) groups is 2. The van der Waals surface area contributed by atoms with Crippen molar-refractivity contribution in [2.75, 3.05) is 18.4 Å². The molecule has 3 rings (SSSR count). The summed E-state index contributed by atoms with van der Waals surface area (Å²) in [6.07, 6.45) is 2.88. The van der Waals surface area contributed by atoms with Gasteiger partial charge in [-0.15, -0.1) is 11.3 Å². The molecule has 0 saturated heterocycles. The Bertz CT molecular complexity index is 949. The molecule has 0 fully saturated rings. The summed E-state index contributed by atoms with van der Waals surface area (Å²) in [5.74, 6) is 0.0293. The number of rotatable bonds is 5. The average molecular weight is 400 g/mol. The first-order valence-corrected chi connectivity index (χ1v) is 10.4. The van der Waals surface area contributed by atoms with E-state index in [1.807, 2.05) is 13.8 Å². The number of nitrogens with one attached hydrogen (secondary N) is 1. The SMILES string of the molecule is CCN(CC)C(=O)c1cc(C(=O)Nc2sc3c(c2C#N)CC[C@H](C)C3)n(C)n1. The van der Waals surface area contributed by atoms with Gasteiger partial charge in [-0.05, 0) is 44.6 Å². The fourth-order valence-corrected chi connectivity index (χ4v) is 4.94. The van der Waals surface area contributed by atoms with E-state index in [-0.39, 0.29) is 17.5 Å². The molecule has 0 spiro atoms. The topological polar surface area (TPSA) is 91.0 Å². The fraction of sp³-hybridized carbons (Fsp3) is 0.500. The number of nitriles is 1. The van der Waals surface area contributed by atoms with Gasteiger partial charge in [-0.2, -0.15) is 10.4 Å². The van der Waals surface area contributed by atoms with Gasteiger partial charge in [0, 0.05) is 31.1 Å². The summed E-state index contributed by atoms with van der Waals surface area (Å²) < 4.78 is 1.41. The van der Waals surface area contributed by atoms with E-state index in [4.69, 9.17) is 0 Å². The Morgan fingerprint density at radius 2 is 2.14 bits per heavy atom. The van der Waals surface area contributed by atoms with Gasteiger partial charge in [0.05, 0.1) is 5.56 Å². The van der Waals surface area contributed by atoms with E-state index in [1.165, 1.54) is 27.0 Å². The van der Waals surface area contributed by atoms with Gasteiger partial charge in [-0.25, -0.2) is 0 Å². The zero-order valence-corrected chi connectivity index (χ0v) is 17.5. The van der Waals surface area contributed by atoms with Crippen molar-refractivity contribution in [2.24, 2.45) is 13.0 Å². The molecular weight excluding hydrogens is 374 g/mol. The molecular formula is C20H25N5O2S. The highest BCUT2D eigenvalue weighted by Crippen LogP contribution is 2.39. The van der Waals surface area contributed by atoms with Crippen molar-refractivity contribution in [3.05, 3.63) is 33.5 Å². The van der Waals surface area contributed by atoms with Crippen molar-refractivity contribution in [3.8, 4) is 6.07 Å². The Kier molecular flexibility index (Phi) is 5.84. The first-order valence-electron chi connectivity index (χ1n) is 9.58. The Balaban J connectivity index is 1.85. The van der Waals surface area contributed by atoms with Crippen LogP contribution in [0.5, 0.6) is 0 Å². The van der Waals surface area contributed by atoms with Crippen molar-refractivity contribution in [1.82, 2.24) is 14.7 Å². The van der Waals surface area contributed by atoms with Crippen LogP contribution in [0.1, 0.15) is 64.2 Å². The van der Waals surface area contributed by atoms with E-state index in [0.29, 0.717) is 35.3 Å². The van der Waals surface area contributed by atoms with Gasteiger partial charge in [-0.1, -0.05) is 6.92 Å². The summed E-state index contributed by atoms with van der Waals surface area (Å²) in [5, 5.41) is 17.3. The second-order valence-corrected chi connectivity index (χ2v) is 8.24. The summed E-state index contributed by atoms with van der Waals surface area (Å²) in [6, 6.07) is 3.77. The summed E-state index contributed by atoms with van der Waals surface area (Å²) in [4.78, 5) is 28.2. The number of carbonyl (C=O) groups excluding carboxylic acids is 2. The molecule has 0 saturated carbocycles. The number of hydrogen-bond donors (Lipinski definition) is 1. The Morgan fingerprint density at radius 3 is 2.79 bits per heavy atom. The first-order chi connectivity index (χ1) is 13.4. The third-order valence-corrected chi connectivity index (χ3v) is 6.40. The van der Waals surface area contributed by atoms with Crippen molar-refractivity contribution in [2.45, 2.75) is 40.0 Å². The van der Waals surface area contributed by atoms with Crippen molar-refractivity contribution >= 4 is 28.2 Å². The number of thiophene rings is 1. The quantitative estimate of drug-likeness (QED) is 0.836. The van der Waals surface area contributed by atoms with E-state index >= 15 is 0 Å². The molecule has 1 aliphatic carbocycles. The molecule has 28 heavy (non-hydrogen) atoms. The van der Waals surface area contributed by atoms with Crippen LogP contribution in [0, 0.1) is 17.2 Å². The Hall–Kier alpha value is -2.66. The molecule has 2 amide bonds. The lowest BCUT2D eigenvalue weighted by atomic mass is 9.89. The molecule has 2 aromatic heterocycles. The predicted octanol–water partition coefficient (Wildman–Crippen LogP) is 3.21. The van der Waals surface area contributed by atoms with Crippen LogP contribution >= 0.6 is 11.3 Å². The molecule has 7 nitrogen and oxygen atoms in total. The lowest BCUT2D eigenvalue weighted by Crippen LogP contribution is -2.30. The van der Waals surface area contributed by atoms with Gasteiger partial charge in [0.25, 0.3) is 11.8 Å². The summed E-state index contributed by atoms with van der Waals surface area (Å²) in [7, 11) is 1.64. The number of anilines is 1. The molecule has 148 valence electrons. The largest absolute Gasteiger partial charge is 0.338 e. The summed E-state index contributed by atoms with van der Waals surface area (Å²) >= 11 is 1.49. The molecule has 0 aromatic carbocycles. The lowest BCUT2D eigenvalue weighted by molar-refractivity contribution is 0.0766. The van der Waals surface area contributed by atoms with Crippen LogP contribution in [0.25, 0.3) is 0 Å². The van der Waals surface area contributed by atoms with Gasteiger partial charge in [0.15, 0.2) is 5.69 Å². The van der Waals surface area contributed by atoms with Gasteiger partial charge in [0.1, 0.15) is 16.8 Å². The highest BCUT2D eigenvalue weighted by Gasteiger charge is 2.26. The number of fused-ring (bicyclic) bond motifs is 1. The summed E-state index contributed by atoms with van der Waals surface area (Å²) in [6.45, 7) is 7.18. The Labute approximate surface area is 168 Å². The lowest BCUT2D eigenvalue weighted by Gasteiger charge is -2.17. The molecule has 8 heteroatoms. The summed E-state index contributed by atoms with van der Waals surface area (Å²) in [5.41, 5.74) is 2.18. The van der Waals surface area contributed by atoms with Crippen molar-refractivity contribution < 1.29 is 9.59 Å². The van der Waals surface area contributed by atoms with Crippen LogP contribution in [0.4, 0.5) is 5.00 Å². The molecule has 0 bridgehead atoms. The number of aryl methyl sites for hydroxylation is 1. The number of aromatic nitrogens is 2. The van der Waals surface area contributed by atoms with E-state index in [2.05, 4.69) is 23.4 Å². The number of nitrogens with zero attached hydrogens (tertiary/aromatic N) is 4. The second kappa shape index (κ2) is 8.15. The van der Waals surface area contributed by atoms with Crippen LogP contribution in [0.15, 0.2) is 6.07 Å². The van der Waals surface area contributed by atoms with Crippen molar-refractivity contribution in [3.63, 3.8) is 0 Å². The minimum Gasteiger partial charge on any atom is -0.338 e. The van der Waals surface area contributed by atoms with Gasteiger partial charge in [0.2, 0.25) is 0 Å². The smallest absolute Gasteiger partial charge is 0.274 e. The molecule has 0 unspecified atom stereocenters. The molecule has 2 heterocycles. The second-order valence-electron chi connectivity index (χ2n) is 7.14. The highest BCUT2D eigenvalue weighted by molar-refractivity contribution is 7.16. The standard InChI is InChI=1S/C20H25N5O2S/c1-5-25(6-2)20(27)15-10-16(24(4)23-15)18(26)22-19-14(11-21)13-8-7-12(3)9-17(13)28-19/h10,12H,5-9H2,1-4H3,(H,22,26)/t12-/m0/s1. The maximum atomic E-state index is 12.8. The van der Waals surface area contributed by atoms with Crippen LogP contribution < -0.4 is 5.32 Å². The zero-order valence-electron chi connectivity index (χ0n) is 16.7. The van der Waals surface area contributed by atoms with Gasteiger partial charge in [-0.3, -0.25) is 14.3 Å². The average Bonchev–Trinajstić information content (AvgIpc) is 3.21. The van der Waals surface area contributed by atoms with Gasteiger partial charge >= 0.3 is 0 Å². The molecule has 1 atom stereocenters. The molecule has 1 N–H and O–H groups in total. The molecule has 2 aromatic rings. The first kappa shape index (κ1) is 20.1. The minimum atomic E-state index is -0.364. The molecule has 0 radical (unpaired) electrons. The fourth-order valence-electron chi connectivity index (χ4n) is 3.58. The van der Waals surface area contributed by atoms with Crippen LogP contribution in [0.2, 0.25) is 0 Å². The third-order valence-electron chi connectivity index (χ3n) is 5.23. The van der Waals surface area contributed by atoms with E-state index in [9.17, 15) is 14.9 Å². The third kappa shape index (κ3) is 3.67. The van der Waals surface area contributed by atoms with Crippen LogP contribution in [0.3, 0.4) is 0 Å². The van der Waals surface area contributed by atoms with E-state index in [0.717, 1.165) is 24.8 Å². The number of hydrogen-bond acceptors (Lipinski definition) is 5. The highest BCUT2D eigenvalue weighted by atomic mass is 32.1. The van der Waals surface area contributed by atoms with Crippen LogP contribution in [-0.2, 0) is 19.9 Å². The predicted molar refractivity (Wildman–Crippen MR) is 109 cm³/mol. The van der Waals surface area contributed by atoms with Crippen LogP contribution in [-0.4, -0.2) is 39.6 Å². The normalized spacial score (nSPS) is 15.6. The minimum absolute atomic E-state index is 0.196. The maximum Gasteiger partial charge on any atom is 0.274 e. The van der Waals surface area contributed by atoms with E-state index in [1.54, 1.807) is 11.9 Å². The van der Waals surface area contributed by atoms with Crippen molar-refractivity contribution in [1.29, 1.82) is 5.26 Å². The number of amides is 2. The maximum absolute atomic E-state index is 12.8. The van der Waals surface area contributed by atoms with Gasteiger partial charge < -0.3 is 10.2 Å². The Morgan fingerprint density at radius 1 is 1.43 bits per heavy atom. The molecule has 1 aliphatic rings. The monoisotopic (exact) mass is 399 g/mol. The zero-order chi connectivity index (χ0) is 20.4. The van der Waals surface area contributed by atoms with E-state index < -0.39 is 0 Å².